The highest BCUT2D eigenvalue weighted by molar-refractivity contribution is 5.87. The van der Waals surface area contributed by atoms with Crippen molar-refractivity contribution in [1.82, 2.24) is 0 Å². The molecule has 0 saturated heterocycles. The number of aliphatic hydroxyl groups excluding tert-OH is 2. The number of ether oxygens (including phenoxy) is 5. The lowest BCUT2D eigenvalue weighted by atomic mass is 10.3. The number of aliphatic hydroxyl groups is 2. The fraction of sp³-hybridized carbons (Fsp3) is 0.577. The Hall–Kier alpha value is -2.79. The molecule has 0 rings (SSSR count). The fourth-order valence-electron chi connectivity index (χ4n) is 1.67. The molecule has 0 aliphatic heterocycles. The first-order valence-corrected chi connectivity index (χ1v) is 11.5. The third kappa shape index (κ3) is 27.5. The summed E-state index contributed by atoms with van der Waals surface area (Å²) in [5.41, 5.74) is 1.05. The predicted octanol–water partition coefficient (Wildman–Crippen LogP) is 3.73. The number of esters is 3. The van der Waals surface area contributed by atoms with Gasteiger partial charge in [0.2, 0.25) is 0 Å². The molecule has 0 saturated carbocycles. The molecule has 0 heterocycles. The minimum atomic E-state index is -0.611. The van der Waals surface area contributed by atoms with Gasteiger partial charge in [0.15, 0.2) is 12.6 Å². The van der Waals surface area contributed by atoms with Gasteiger partial charge >= 0.3 is 17.9 Å². The van der Waals surface area contributed by atoms with Crippen molar-refractivity contribution in [3.63, 3.8) is 0 Å². The van der Waals surface area contributed by atoms with E-state index in [-0.39, 0.29) is 13.2 Å². The number of hydrogen-bond acceptors (Lipinski definition) is 10. The van der Waals surface area contributed by atoms with Gasteiger partial charge in [0.05, 0.1) is 19.5 Å². The highest BCUT2D eigenvalue weighted by Crippen LogP contribution is 2.04. The molecule has 208 valence electrons. The highest BCUT2D eigenvalue weighted by Gasteiger charge is 2.11. The first kappa shape index (κ1) is 37.8. The molecular formula is C26H44O10. The van der Waals surface area contributed by atoms with Gasteiger partial charge in [-0.1, -0.05) is 26.3 Å². The normalized spacial score (nSPS) is 11.2. The maximum Gasteiger partial charge on any atom is 0.337 e. The first-order valence-electron chi connectivity index (χ1n) is 11.5. The molecule has 2 N–H and O–H groups in total. The van der Waals surface area contributed by atoms with Gasteiger partial charge in [-0.3, -0.25) is 0 Å². The largest absolute Gasteiger partial charge is 0.433 e. The van der Waals surface area contributed by atoms with E-state index in [0.29, 0.717) is 29.9 Å². The van der Waals surface area contributed by atoms with E-state index in [0.717, 1.165) is 31.9 Å². The topological polar surface area (TPSA) is 138 Å². The molecule has 0 aliphatic rings. The average molecular weight is 517 g/mol. The molecule has 10 nitrogen and oxygen atoms in total. The van der Waals surface area contributed by atoms with Crippen LogP contribution in [0.2, 0.25) is 0 Å². The molecule has 0 fully saturated rings. The lowest BCUT2D eigenvalue weighted by Gasteiger charge is -2.15. The molecule has 0 aliphatic carbocycles. The summed E-state index contributed by atoms with van der Waals surface area (Å²) in [6.07, 6.45) is 2.76. The summed E-state index contributed by atoms with van der Waals surface area (Å²) in [5, 5.41) is 16.2. The van der Waals surface area contributed by atoms with Crippen molar-refractivity contribution in [2.75, 3.05) is 26.4 Å². The van der Waals surface area contributed by atoms with E-state index in [1.54, 1.807) is 34.6 Å². The Labute approximate surface area is 215 Å². The van der Waals surface area contributed by atoms with Gasteiger partial charge < -0.3 is 33.9 Å². The Morgan fingerprint density at radius 3 is 1.25 bits per heavy atom. The molecule has 0 bridgehead atoms. The number of rotatable bonds is 16. The van der Waals surface area contributed by atoms with Gasteiger partial charge in [-0.05, 0) is 60.3 Å². The molecule has 0 aromatic carbocycles. The zero-order valence-electron chi connectivity index (χ0n) is 22.4. The second kappa shape index (κ2) is 25.3. The van der Waals surface area contributed by atoms with E-state index >= 15 is 0 Å². The Morgan fingerprint density at radius 2 is 1.03 bits per heavy atom. The number of unbranched alkanes of at least 4 members (excludes halogenated alkanes) is 2. The van der Waals surface area contributed by atoms with Crippen LogP contribution in [0.3, 0.4) is 0 Å². The standard InChI is InChI=1S/C16H26O6.C6H8O2.C4H10O2/c1-11(2)15(17)21-13(5)19-9-7-8-10-20-14(6)22-16(18)12(3)4;1-4-8-6(7)5(2)3;5-3-1-2-4-6/h13-14H,1,3,7-10H2,2,4-6H3;4H,1-2H2,3H3;5-6H,1-4H2. The van der Waals surface area contributed by atoms with Gasteiger partial charge in [-0.2, -0.15) is 0 Å². The molecule has 0 radical (unpaired) electrons. The van der Waals surface area contributed by atoms with Crippen LogP contribution in [0.1, 0.15) is 60.3 Å². The zero-order chi connectivity index (χ0) is 28.5. The molecular weight excluding hydrogens is 472 g/mol. The van der Waals surface area contributed by atoms with Crippen molar-refractivity contribution in [3.8, 4) is 0 Å². The second-order valence-electron chi connectivity index (χ2n) is 7.46. The van der Waals surface area contributed by atoms with Crippen molar-refractivity contribution in [1.29, 1.82) is 0 Å². The number of carbonyl (C=O) groups is 3. The lowest BCUT2D eigenvalue weighted by molar-refractivity contribution is -0.173. The molecule has 2 atom stereocenters. The molecule has 0 aromatic rings. The van der Waals surface area contributed by atoms with Crippen LogP contribution in [0.5, 0.6) is 0 Å². The zero-order valence-corrected chi connectivity index (χ0v) is 22.4. The minimum absolute atomic E-state index is 0.195. The van der Waals surface area contributed by atoms with Crippen molar-refractivity contribution in [3.05, 3.63) is 49.3 Å². The summed E-state index contributed by atoms with van der Waals surface area (Å²) < 4.78 is 24.9. The summed E-state index contributed by atoms with van der Waals surface area (Å²) >= 11 is 0. The van der Waals surface area contributed by atoms with Crippen molar-refractivity contribution < 1.29 is 48.3 Å². The van der Waals surface area contributed by atoms with Crippen molar-refractivity contribution in [2.24, 2.45) is 0 Å². The van der Waals surface area contributed by atoms with Crippen LogP contribution < -0.4 is 0 Å². The third-order valence-corrected chi connectivity index (χ3v) is 3.59. The van der Waals surface area contributed by atoms with Gasteiger partial charge in [0.25, 0.3) is 0 Å². The van der Waals surface area contributed by atoms with E-state index in [9.17, 15) is 14.4 Å². The second-order valence-corrected chi connectivity index (χ2v) is 7.46. The van der Waals surface area contributed by atoms with E-state index in [1.807, 2.05) is 0 Å². The summed E-state index contributed by atoms with van der Waals surface area (Å²) in [6.45, 7) is 22.8. The Bertz CT molecular complexity index is 642. The summed E-state index contributed by atoms with van der Waals surface area (Å²) in [7, 11) is 0. The molecule has 36 heavy (non-hydrogen) atoms. The van der Waals surface area contributed by atoms with E-state index in [1.165, 1.54) is 0 Å². The van der Waals surface area contributed by atoms with Gasteiger partial charge in [0.1, 0.15) is 0 Å². The quantitative estimate of drug-likeness (QED) is 0.0779. The molecule has 0 aromatic heterocycles. The summed E-state index contributed by atoms with van der Waals surface area (Å²) in [4.78, 5) is 32.8. The maximum absolute atomic E-state index is 11.2. The Morgan fingerprint density at radius 1 is 0.694 bits per heavy atom. The van der Waals surface area contributed by atoms with E-state index in [2.05, 4.69) is 31.1 Å². The van der Waals surface area contributed by atoms with Gasteiger partial charge in [-0.25, -0.2) is 14.4 Å². The minimum Gasteiger partial charge on any atom is -0.433 e. The van der Waals surface area contributed by atoms with Crippen LogP contribution in [-0.4, -0.2) is 67.1 Å². The Balaban J connectivity index is -0.000000632. The van der Waals surface area contributed by atoms with Crippen LogP contribution in [0.4, 0.5) is 0 Å². The third-order valence-electron chi connectivity index (χ3n) is 3.59. The monoisotopic (exact) mass is 516 g/mol. The first-order chi connectivity index (χ1) is 16.8. The van der Waals surface area contributed by atoms with Gasteiger partial charge in [-0.15, -0.1) is 0 Å². The van der Waals surface area contributed by atoms with Crippen molar-refractivity contribution in [2.45, 2.75) is 72.9 Å². The fourth-order valence-corrected chi connectivity index (χ4v) is 1.67. The predicted molar refractivity (Wildman–Crippen MR) is 136 cm³/mol. The molecule has 0 spiro atoms. The van der Waals surface area contributed by atoms with E-state index in [4.69, 9.17) is 29.2 Å². The van der Waals surface area contributed by atoms with E-state index < -0.39 is 30.5 Å². The van der Waals surface area contributed by atoms with Crippen LogP contribution in [0.15, 0.2) is 49.3 Å². The Kier molecular flexibility index (Phi) is 26.5. The van der Waals surface area contributed by atoms with Gasteiger partial charge in [0, 0.05) is 29.9 Å². The molecule has 2 unspecified atom stereocenters. The highest BCUT2D eigenvalue weighted by atomic mass is 16.7. The van der Waals surface area contributed by atoms with Crippen LogP contribution in [0.25, 0.3) is 0 Å². The van der Waals surface area contributed by atoms with Crippen LogP contribution in [-0.2, 0) is 38.1 Å². The number of hydrogen-bond donors (Lipinski definition) is 2. The maximum atomic E-state index is 11.2. The summed E-state index contributed by atoms with van der Waals surface area (Å²) in [6, 6.07) is 0. The smallest absolute Gasteiger partial charge is 0.337 e. The van der Waals surface area contributed by atoms with Crippen LogP contribution >= 0.6 is 0 Å². The van der Waals surface area contributed by atoms with Crippen molar-refractivity contribution >= 4 is 17.9 Å². The molecule has 0 amide bonds. The summed E-state index contributed by atoms with van der Waals surface area (Å²) in [5.74, 6) is -1.37. The average Bonchev–Trinajstić information content (AvgIpc) is 2.80. The number of carbonyl (C=O) groups excluding carboxylic acids is 3. The SMILES string of the molecule is C=C(C)C(=O)OC(C)OCCCCOC(C)OC(=O)C(=C)C.C=COC(=O)C(=C)C.OCCCCO. The van der Waals surface area contributed by atoms with Crippen LogP contribution in [0, 0.1) is 0 Å². The lowest BCUT2D eigenvalue weighted by Crippen LogP contribution is -2.20. The molecule has 10 heteroatoms.